The van der Waals surface area contributed by atoms with Crippen LogP contribution in [0.2, 0.25) is 55.9 Å². The van der Waals surface area contributed by atoms with Crippen molar-refractivity contribution in [1.29, 1.82) is 0 Å². The van der Waals surface area contributed by atoms with E-state index in [1.807, 2.05) is 18.2 Å². The Balaban J connectivity index is 2.60. The van der Waals surface area contributed by atoms with Gasteiger partial charge < -0.3 is 13.6 Å². The van der Waals surface area contributed by atoms with E-state index in [0.29, 0.717) is 16.0 Å². The summed E-state index contributed by atoms with van der Waals surface area (Å²) in [5, 5.41) is 0.0969. The zero-order valence-electron chi connectivity index (χ0n) is 25.6. The van der Waals surface area contributed by atoms with Crippen LogP contribution in [0.4, 0.5) is 0 Å². The highest BCUT2D eigenvalue weighted by Crippen LogP contribution is 2.39. The van der Waals surface area contributed by atoms with Gasteiger partial charge in [-0.05, 0) is 56.0 Å². The minimum Gasteiger partial charge on any atom is -0.414 e. The molecule has 0 aromatic heterocycles. The molecule has 0 fully saturated rings. The quantitative estimate of drug-likeness (QED) is 0.181. The Morgan fingerprint density at radius 1 is 0.947 bits per heavy atom. The Hall–Kier alpha value is -0.819. The van der Waals surface area contributed by atoms with Crippen molar-refractivity contribution >= 4 is 34.5 Å². The SMILES string of the molecule is CC[Si](CC)(CC)/C(=C/C1OC(CO[Si](C)(C)C(C)(C)C)C=CC1O[Si](C)(C)C)S(=O)(=O)c1ccccc1. The average molecular weight is 597 g/mol. The van der Waals surface area contributed by atoms with Gasteiger partial charge >= 0.3 is 0 Å². The fraction of sp³-hybridized carbons (Fsp3) is 0.655. The molecule has 38 heavy (non-hydrogen) atoms. The van der Waals surface area contributed by atoms with Gasteiger partial charge in [0.05, 0.1) is 23.7 Å². The smallest absolute Gasteiger partial charge is 0.198 e. The molecule has 9 heteroatoms. The first kappa shape index (κ1) is 33.4. The fourth-order valence-electron chi connectivity index (χ4n) is 4.62. The number of sulfone groups is 1. The molecule has 3 unspecified atom stereocenters. The maximum absolute atomic E-state index is 14.2. The third-order valence-electron chi connectivity index (χ3n) is 8.29. The van der Waals surface area contributed by atoms with Gasteiger partial charge in [0, 0.05) is 4.53 Å². The van der Waals surface area contributed by atoms with E-state index in [4.69, 9.17) is 13.6 Å². The van der Waals surface area contributed by atoms with Gasteiger partial charge in [-0.1, -0.05) is 90.0 Å². The molecule has 216 valence electrons. The van der Waals surface area contributed by atoms with Crippen LogP contribution in [0.5, 0.6) is 0 Å². The van der Waals surface area contributed by atoms with Crippen molar-refractivity contribution in [2.45, 2.75) is 121 Å². The molecule has 0 aliphatic carbocycles. The molecule has 1 aliphatic rings. The topological polar surface area (TPSA) is 61.8 Å². The lowest BCUT2D eigenvalue weighted by atomic mass is 10.1. The summed E-state index contributed by atoms with van der Waals surface area (Å²) >= 11 is 0. The zero-order chi connectivity index (χ0) is 29.0. The molecule has 3 atom stereocenters. The van der Waals surface area contributed by atoms with Crippen molar-refractivity contribution in [3.8, 4) is 0 Å². The van der Waals surface area contributed by atoms with E-state index in [-0.39, 0.29) is 17.2 Å². The standard InChI is InChI=1S/C29H52O5SSi3/c1-12-38(13-2,14-3)28(35(30,31)25-18-16-15-17-19-25)22-27-26(34-36(7,8)9)21-20-24(33-27)23-32-37(10,11)29(4,5)6/h15-22,24,26-27H,12-14,23H2,1-11H3/b28-22+. The predicted octanol–water partition coefficient (Wildman–Crippen LogP) is 7.96. The largest absolute Gasteiger partial charge is 0.414 e. The van der Waals surface area contributed by atoms with Crippen LogP contribution >= 0.6 is 0 Å². The van der Waals surface area contributed by atoms with E-state index < -0.39 is 40.6 Å². The van der Waals surface area contributed by atoms with Crippen LogP contribution in [-0.4, -0.2) is 58.0 Å². The molecule has 0 radical (unpaired) electrons. The third-order valence-corrected chi connectivity index (χ3v) is 22.8. The van der Waals surface area contributed by atoms with E-state index in [1.165, 1.54) is 0 Å². The van der Waals surface area contributed by atoms with Gasteiger partial charge in [0.1, 0.15) is 14.2 Å². The number of benzene rings is 1. The second kappa shape index (κ2) is 12.8. The van der Waals surface area contributed by atoms with Crippen LogP contribution in [-0.2, 0) is 23.4 Å². The fourth-order valence-corrected chi connectivity index (χ4v) is 14.7. The summed E-state index contributed by atoms with van der Waals surface area (Å²) < 4.78 is 48.7. The van der Waals surface area contributed by atoms with Crippen molar-refractivity contribution in [3.05, 3.63) is 53.1 Å². The summed E-state index contributed by atoms with van der Waals surface area (Å²) in [5.74, 6) is 0. The first-order valence-corrected chi connectivity index (χ1v) is 24.5. The number of rotatable bonds is 12. The summed E-state index contributed by atoms with van der Waals surface area (Å²) in [7, 11) is -9.91. The third kappa shape index (κ3) is 8.11. The number of hydrogen-bond donors (Lipinski definition) is 0. The lowest BCUT2D eigenvalue weighted by Crippen LogP contribution is -2.47. The van der Waals surface area contributed by atoms with Crippen molar-refractivity contribution in [1.82, 2.24) is 0 Å². The molecule has 5 nitrogen and oxygen atoms in total. The molecule has 0 amide bonds. The highest BCUT2D eigenvalue weighted by molar-refractivity contribution is 7.97. The Morgan fingerprint density at radius 3 is 1.97 bits per heavy atom. The van der Waals surface area contributed by atoms with Crippen molar-refractivity contribution < 1.29 is 22.0 Å². The zero-order valence-corrected chi connectivity index (χ0v) is 29.4. The van der Waals surface area contributed by atoms with E-state index in [0.717, 1.165) is 18.1 Å². The van der Waals surface area contributed by atoms with Crippen LogP contribution in [0, 0.1) is 0 Å². The van der Waals surface area contributed by atoms with Gasteiger partial charge in [0.25, 0.3) is 0 Å². The van der Waals surface area contributed by atoms with Gasteiger partial charge in [-0.3, -0.25) is 0 Å². The van der Waals surface area contributed by atoms with Crippen LogP contribution < -0.4 is 0 Å². The molecular weight excluding hydrogens is 545 g/mol. The second-order valence-electron chi connectivity index (χ2n) is 13.0. The first-order valence-electron chi connectivity index (χ1n) is 14.1. The molecule has 0 N–H and O–H groups in total. The van der Waals surface area contributed by atoms with Gasteiger partial charge in [0.15, 0.2) is 26.5 Å². The Bertz CT molecular complexity index is 1060. The lowest BCUT2D eigenvalue weighted by Gasteiger charge is -2.39. The molecule has 1 aromatic rings. The van der Waals surface area contributed by atoms with Gasteiger partial charge in [-0.15, -0.1) is 0 Å². The summed E-state index contributed by atoms with van der Waals surface area (Å²) in [6.07, 6.45) is 4.96. The minimum atomic E-state index is -3.68. The monoisotopic (exact) mass is 596 g/mol. The van der Waals surface area contributed by atoms with Gasteiger partial charge in [-0.25, -0.2) is 8.42 Å². The maximum Gasteiger partial charge on any atom is 0.198 e. The number of ether oxygens (including phenoxy) is 1. The molecule has 1 aliphatic heterocycles. The summed E-state index contributed by atoms with van der Waals surface area (Å²) in [5.41, 5.74) is 0. The molecule has 0 saturated heterocycles. The Kier molecular flexibility index (Phi) is 11.2. The van der Waals surface area contributed by atoms with E-state index in [9.17, 15) is 8.42 Å². The molecule has 2 rings (SSSR count). The minimum absolute atomic E-state index is 0.0969. The van der Waals surface area contributed by atoms with Crippen LogP contribution in [0.1, 0.15) is 41.5 Å². The van der Waals surface area contributed by atoms with Gasteiger partial charge in [-0.2, -0.15) is 0 Å². The molecule has 1 aromatic carbocycles. The Labute approximate surface area is 236 Å². The van der Waals surface area contributed by atoms with Crippen LogP contribution in [0.3, 0.4) is 0 Å². The summed E-state index contributed by atoms with van der Waals surface area (Å²) in [6, 6.07) is 11.4. The summed E-state index contributed by atoms with van der Waals surface area (Å²) in [6.45, 7) is 24.5. The molecule has 0 spiro atoms. The van der Waals surface area contributed by atoms with Crippen LogP contribution in [0.25, 0.3) is 0 Å². The predicted molar refractivity (Wildman–Crippen MR) is 168 cm³/mol. The number of hydrogen-bond acceptors (Lipinski definition) is 5. The molecular formula is C29H52O5SSi3. The van der Waals surface area contributed by atoms with E-state index in [1.54, 1.807) is 24.3 Å². The van der Waals surface area contributed by atoms with Gasteiger partial charge in [0.2, 0.25) is 0 Å². The highest BCUT2D eigenvalue weighted by Gasteiger charge is 2.43. The van der Waals surface area contributed by atoms with E-state index in [2.05, 4.69) is 80.4 Å². The van der Waals surface area contributed by atoms with E-state index >= 15 is 0 Å². The van der Waals surface area contributed by atoms with Crippen molar-refractivity contribution in [2.75, 3.05) is 6.61 Å². The Morgan fingerprint density at radius 2 is 1.50 bits per heavy atom. The first-order chi connectivity index (χ1) is 17.4. The average Bonchev–Trinajstić information content (AvgIpc) is 2.83. The maximum atomic E-state index is 14.2. The normalized spacial score (nSPS) is 22.1. The second-order valence-corrected chi connectivity index (χ2v) is 29.7. The van der Waals surface area contributed by atoms with Crippen molar-refractivity contribution in [3.63, 3.8) is 0 Å². The molecule has 0 bridgehead atoms. The van der Waals surface area contributed by atoms with Crippen molar-refractivity contribution in [2.24, 2.45) is 0 Å². The molecule has 1 heterocycles. The lowest BCUT2D eigenvalue weighted by molar-refractivity contribution is -0.0406. The molecule has 0 saturated carbocycles. The van der Waals surface area contributed by atoms with Crippen LogP contribution in [0.15, 0.2) is 58.0 Å². The summed E-state index contributed by atoms with van der Waals surface area (Å²) in [4.78, 5) is 0.352. The highest BCUT2D eigenvalue weighted by atomic mass is 32.2.